The summed E-state index contributed by atoms with van der Waals surface area (Å²) in [5, 5.41) is 8.12. The lowest BCUT2D eigenvalue weighted by atomic mass is 10.0. The number of anilines is 2. The highest BCUT2D eigenvalue weighted by Crippen LogP contribution is 2.24. The molecule has 10 heteroatoms. The molecule has 34 heavy (non-hydrogen) atoms. The third-order valence-corrected chi connectivity index (χ3v) is 5.06. The van der Waals surface area contributed by atoms with Crippen LogP contribution in [0.3, 0.4) is 0 Å². The average molecular weight is 464 g/mol. The van der Waals surface area contributed by atoms with Crippen LogP contribution < -0.4 is 16.2 Å². The number of nitrogens with one attached hydrogen (secondary N) is 1. The largest absolute Gasteiger partial charge is 0.439 e. The van der Waals surface area contributed by atoms with Crippen molar-refractivity contribution >= 4 is 23.3 Å². The number of ether oxygens (including phenoxy) is 1. The Kier molecular flexibility index (Phi) is 8.22. The van der Waals surface area contributed by atoms with Crippen molar-refractivity contribution in [1.82, 2.24) is 19.9 Å². The average Bonchev–Trinajstić information content (AvgIpc) is 2.85. The fraction of sp³-hybridized carbons (Fsp3) is 0.208. The number of rotatable bonds is 5. The molecule has 0 spiro atoms. The van der Waals surface area contributed by atoms with E-state index in [4.69, 9.17) is 21.6 Å². The minimum absolute atomic E-state index is 0.00323. The fourth-order valence-corrected chi connectivity index (χ4v) is 3.32. The summed E-state index contributed by atoms with van der Waals surface area (Å²) in [6.07, 6.45) is 6.14. The van der Waals surface area contributed by atoms with Crippen LogP contribution in [0.5, 0.6) is 11.6 Å². The molecule has 0 atom stereocenters. The smallest absolute Gasteiger partial charge is 0.245 e. The molecule has 9 nitrogen and oxygen atoms in total. The minimum atomic E-state index is -0.879. The van der Waals surface area contributed by atoms with Crippen LogP contribution in [-0.2, 0) is 4.79 Å². The van der Waals surface area contributed by atoms with E-state index in [-0.39, 0.29) is 40.3 Å². The van der Waals surface area contributed by atoms with Crippen LogP contribution >= 0.6 is 0 Å². The van der Waals surface area contributed by atoms with Crippen molar-refractivity contribution in [3.05, 3.63) is 78.5 Å². The maximum Gasteiger partial charge on any atom is 0.245 e. The van der Waals surface area contributed by atoms with Gasteiger partial charge in [0, 0.05) is 19.2 Å². The molecule has 176 valence electrons. The molecule has 0 aliphatic carbocycles. The van der Waals surface area contributed by atoms with Crippen LogP contribution in [-0.4, -0.2) is 44.6 Å². The standard InChI is InChI=1S/C16H13FN6O.C8H13NO/c17-14-10(13(18)12-15(19)21-8-22-16(12)20)6-7-11(23-14)24-9-4-2-1-3-5-9;1-2-8(10)9-6-4-3-5-7-9/h1-8,18H,(H4,19,20,21,22);2H,1,3-7H2. The van der Waals surface area contributed by atoms with Gasteiger partial charge < -0.3 is 21.1 Å². The molecule has 0 saturated carbocycles. The number of aromatic nitrogens is 3. The molecule has 0 radical (unpaired) electrons. The van der Waals surface area contributed by atoms with Crippen molar-refractivity contribution in [1.29, 1.82) is 5.41 Å². The first-order valence-corrected chi connectivity index (χ1v) is 10.7. The molecule has 5 N–H and O–H groups in total. The number of amides is 1. The van der Waals surface area contributed by atoms with Crippen molar-refractivity contribution in [3.8, 4) is 11.6 Å². The van der Waals surface area contributed by atoms with Crippen LogP contribution in [0.2, 0.25) is 0 Å². The Balaban J connectivity index is 0.000000271. The SMILES string of the molecule is C=CC(=O)N1CCCCC1.N=C(c1ccc(Oc2ccccc2)nc1F)c1c(N)ncnc1N. The van der Waals surface area contributed by atoms with Crippen LogP contribution in [0.4, 0.5) is 16.0 Å². The second-order valence-electron chi connectivity index (χ2n) is 7.39. The summed E-state index contributed by atoms with van der Waals surface area (Å²) in [7, 11) is 0. The summed E-state index contributed by atoms with van der Waals surface area (Å²) in [4.78, 5) is 24.1. The molecule has 1 aliphatic rings. The van der Waals surface area contributed by atoms with Crippen LogP contribution in [0.15, 0.2) is 61.4 Å². The molecule has 2 aromatic heterocycles. The van der Waals surface area contributed by atoms with Crippen molar-refractivity contribution in [3.63, 3.8) is 0 Å². The monoisotopic (exact) mass is 463 g/mol. The van der Waals surface area contributed by atoms with E-state index in [1.807, 2.05) is 11.0 Å². The van der Waals surface area contributed by atoms with Gasteiger partial charge in [0.2, 0.25) is 17.7 Å². The summed E-state index contributed by atoms with van der Waals surface area (Å²) in [5.41, 5.74) is 11.1. The van der Waals surface area contributed by atoms with Gasteiger partial charge in [0.15, 0.2) is 0 Å². The Labute approximate surface area is 196 Å². The lowest BCUT2D eigenvalue weighted by Crippen LogP contribution is -2.34. The molecular weight excluding hydrogens is 437 g/mol. The number of benzene rings is 1. The predicted octanol–water partition coefficient (Wildman–Crippen LogP) is 3.57. The molecule has 4 rings (SSSR count). The molecule has 0 bridgehead atoms. The van der Waals surface area contributed by atoms with Crippen molar-refractivity contribution in [2.24, 2.45) is 0 Å². The quantitative estimate of drug-likeness (QED) is 0.298. The van der Waals surface area contributed by atoms with E-state index in [1.165, 1.54) is 31.0 Å². The number of nitrogen functional groups attached to an aromatic ring is 2. The van der Waals surface area contributed by atoms with Crippen LogP contribution in [0.1, 0.15) is 30.4 Å². The second kappa shape index (κ2) is 11.5. The van der Waals surface area contributed by atoms with Gasteiger partial charge in [-0.1, -0.05) is 24.8 Å². The van der Waals surface area contributed by atoms with E-state index in [2.05, 4.69) is 21.5 Å². The van der Waals surface area contributed by atoms with E-state index in [9.17, 15) is 9.18 Å². The van der Waals surface area contributed by atoms with Gasteiger partial charge in [-0.05, 0) is 43.5 Å². The summed E-state index contributed by atoms with van der Waals surface area (Å²) in [6, 6.07) is 11.7. The van der Waals surface area contributed by atoms with Gasteiger partial charge in [0.1, 0.15) is 23.7 Å². The normalized spacial score (nSPS) is 12.8. The van der Waals surface area contributed by atoms with Crippen molar-refractivity contribution in [2.75, 3.05) is 24.6 Å². The van der Waals surface area contributed by atoms with Gasteiger partial charge in [0.25, 0.3) is 0 Å². The highest BCUT2D eigenvalue weighted by atomic mass is 19.1. The van der Waals surface area contributed by atoms with E-state index >= 15 is 0 Å². The second-order valence-corrected chi connectivity index (χ2v) is 7.39. The molecule has 1 saturated heterocycles. The number of nitrogens with two attached hydrogens (primary N) is 2. The zero-order chi connectivity index (χ0) is 24.5. The first-order valence-electron chi connectivity index (χ1n) is 10.7. The zero-order valence-electron chi connectivity index (χ0n) is 18.6. The van der Waals surface area contributed by atoms with E-state index in [0.29, 0.717) is 5.75 Å². The lowest BCUT2D eigenvalue weighted by Gasteiger charge is -2.25. The molecule has 1 aromatic carbocycles. The molecule has 0 unspecified atom stereocenters. The number of carbonyl (C=O) groups is 1. The van der Waals surface area contributed by atoms with Gasteiger partial charge in [-0.3, -0.25) is 10.2 Å². The lowest BCUT2D eigenvalue weighted by molar-refractivity contribution is -0.126. The van der Waals surface area contributed by atoms with Gasteiger partial charge in [-0.2, -0.15) is 9.37 Å². The number of nitrogens with zero attached hydrogens (tertiary/aromatic N) is 4. The first kappa shape index (κ1) is 24.3. The minimum Gasteiger partial charge on any atom is -0.439 e. The topological polar surface area (TPSA) is 144 Å². The molecule has 1 fully saturated rings. The summed E-state index contributed by atoms with van der Waals surface area (Å²) in [6.45, 7) is 5.29. The maximum absolute atomic E-state index is 14.3. The Morgan fingerprint density at radius 1 is 1.06 bits per heavy atom. The van der Waals surface area contributed by atoms with Gasteiger partial charge in [-0.25, -0.2) is 9.97 Å². The predicted molar refractivity (Wildman–Crippen MR) is 128 cm³/mol. The highest BCUT2D eigenvalue weighted by Gasteiger charge is 2.19. The Bertz CT molecular complexity index is 1140. The Morgan fingerprint density at radius 2 is 1.71 bits per heavy atom. The van der Waals surface area contributed by atoms with E-state index < -0.39 is 5.95 Å². The number of pyridine rings is 1. The zero-order valence-corrected chi connectivity index (χ0v) is 18.6. The van der Waals surface area contributed by atoms with Crippen LogP contribution in [0, 0.1) is 11.4 Å². The number of hydrogen-bond donors (Lipinski definition) is 3. The fourth-order valence-electron chi connectivity index (χ4n) is 3.32. The van der Waals surface area contributed by atoms with Gasteiger partial charge >= 0.3 is 0 Å². The molecular formula is C24H26FN7O2. The summed E-state index contributed by atoms with van der Waals surface area (Å²) < 4.78 is 19.7. The number of para-hydroxylation sites is 1. The molecule has 1 amide bonds. The molecule has 3 heterocycles. The van der Waals surface area contributed by atoms with Crippen molar-refractivity contribution in [2.45, 2.75) is 19.3 Å². The summed E-state index contributed by atoms with van der Waals surface area (Å²) in [5.74, 6) is -0.207. The first-order chi connectivity index (χ1) is 16.4. The van der Waals surface area contributed by atoms with Crippen molar-refractivity contribution < 1.29 is 13.9 Å². The third kappa shape index (κ3) is 6.12. The number of carbonyl (C=O) groups excluding carboxylic acids is 1. The Morgan fingerprint density at radius 3 is 2.29 bits per heavy atom. The van der Waals surface area contributed by atoms with E-state index in [0.717, 1.165) is 25.9 Å². The summed E-state index contributed by atoms with van der Waals surface area (Å²) >= 11 is 0. The number of piperidine rings is 1. The number of halogens is 1. The van der Waals surface area contributed by atoms with E-state index in [1.54, 1.807) is 24.3 Å². The highest BCUT2D eigenvalue weighted by molar-refractivity contribution is 6.15. The Hall–Kier alpha value is -4.34. The van der Waals surface area contributed by atoms with Crippen LogP contribution in [0.25, 0.3) is 0 Å². The molecule has 3 aromatic rings. The third-order valence-electron chi connectivity index (χ3n) is 5.06. The van der Waals surface area contributed by atoms with Gasteiger partial charge in [-0.15, -0.1) is 0 Å². The number of hydrogen-bond acceptors (Lipinski definition) is 8. The van der Waals surface area contributed by atoms with Gasteiger partial charge in [0.05, 0.1) is 16.8 Å². The number of likely N-dealkylation sites (tertiary alicyclic amines) is 1. The molecule has 1 aliphatic heterocycles. The maximum atomic E-state index is 14.3.